The summed E-state index contributed by atoms with van der Waals surface area (Å²) in [5, 5.41) is 11.6. The summed E-state index contributed by atoms with van der Waals surface area (Å²) in [5.41, 5.74) is 5.80. The first-order chi connectivity index (χ1) is 13.5. The summed E-state index contributed by atoms with van der Waals surface area (Å²) in [4.78, 5) is 22.7. The fourth-order valence-electron chi connectivity index (χ4n) is 2.88. The van der Waals surface area contributed by atoms with Gasteiger partial charge in [-0.2, -0.15) is 11.8 Å². The van der Waals surface area contributed by atoms with Crippen molar-refractivity contribution >= 4 is 23.7 Å². The number of thioether (sulfide) groups is 1. The first-order valence-electron chi connectivity index (χ1n) is 10.9. The van der Waals surface area contributed by atoms with Gasteiger partial charge < -0.3 is 20.9 Å². The number of nitrogens with two attached hydrogens (primary N) is 1. The summed E-state index contributed by atoms with van der Waals surface area (Å²) < 4.78 is 5.22. The minimum absolute atomic E-state index is 0.364. The van der Waals surface area contributed by atoms with Crippen molar-refractivity contribution < 1.29 is 19.4 Å². The molecule has 0 aliphatic carbocycles. The summed E-state index contributed by atoms with van der Waals surface area (Å²) in [5.74, 6) is -0.570. The molecular formula is C21H42N2O4S. The summed E-state index contributed by atoms with van der Waals surface area (Å²) in [6, 6.07) is -1.33. The molecule has 7 heteroatoms. The number of esters is 1. The lowest BCUT2D eigenvalue weighted by atomic mass is 10.1. The maximum atomic E-state index is 11.8. The van der Waals surface area contributed by atoms with Crippen molar-refractivity contribution in [1.82, 2.24) is 5.32 Å². The molecule has 2 atom stereocenters. The van der Waals surface area contributed by atoms with E-state index in [1.165, 1.54) is 76.0 Å². The van der Waals surface area contributed by atoms with Gasteiger partial charge in [0, 0.05) is 11.5 Å². The van der Waals surface area contributed by atoms with Gasteiger partial charge in [0.2, 0.25) is 0 Å². The number of hydrogen-bond acceptors (Lipinski definition) is 6. The van der Waals surface area contributed by atoms with Crippen LogP contribution in [-0.2, 0) is 14.3 Å². The highest BCUT2D eigenvalue weighted by atomic mass is 32.2. The van der Waals surface area contributed by atoms with Gasteiger partial charge in [0.15, 0.2) is 0 Å². The van der Waals surface area contributed by atoms with E-state index in [9.17, 15) is 9.59 Å². The van der Waals surface area contributed by atoms with Gasteiger partial charge in [0.1, 0.15) is 12.1 Å². The highest BCUT2D eigenvalue weighted by molar-refractivity contribution is 7.99. The molecule has 0 radical (unpaired) electrons. The predicted molar refractivity (Wildman–Crippen MR) is 118 cm³/mol. The highest BCUT2D eigenvalue weighted by Crippen LogP contribution is 2.12. The molecule has 0 bridgehead atoms. The van der Waals surface area contributed by atoms with Gasteiger partial charge in [-0.3, -0.25) is 9.59 Å². The zero-order valence-electron chi connectivity index (χ0n) is 17.9. The minimum atomic E-state index is -0.905. The Bertz CT molecular complexity index is 397. The molecule has 6 nitrogen and oxygen atoms in total. The van der Waals surface area contributed by atoms with Crippen LogP contribution in [-0.4, -0.2) is 54.3 Å². The van der Waals surface area contributed by atoms with E-state index in [-0.39, 0.29) is 0 Å². The van der Waals surface area contributed by atoms with Crippen LogP contribution in [0.25, 0.3) is 0 Å². The zero-order chi connectivity index (χ0) is 21.0. The average molecular weight is 419 g/mol. The number of carboxylic acids is 1. The third kappa shape index (κ3) is 16.2. The van der Waals surface area contributed by atoms with Crippen molar-refractivity contribution in [3.63, 3.8) is 0 Å². The third-order valence-corrected chi connectivity index (χ3v) is 5.94. The fraction of sp³-hybridized carbons (Fsp3) is 0.905. The minimum Gasteiger partial charge on any atom is -0.480 e. The van der Waals surface area contributed by atoms with E-state index < -0.39 is 24.0 Å². The molecule has 166 valence electrons. The molecule has 0 amide bonds. The molecule has 0 aliphatic rings. The number of nitrogens with one attached hydrogen (secondary N) is 1. The number of aliphatic carboxylic acids is 1. The average Bonchev–Trinajstić information content (AvgIpc) is 2.68. The third-order valence-electron chi connectivity index (χ3n) is 4.77. The molecule has 0 rings (SSSR count). The van der Waals surface area contributed by atoms with E-state index in [0.29, 0.717) is 18.1 Å². The van der Waals surface area contributed by atoms with Gasteiger partial charge in [0.05, 0.1) is 6.61 Å². The van der Waals surface area contributed by atoms with Crippen LogP contribution in [0.4, 0.5) is 0 Å². The highest BCUT2D eigenvalue weighted by Gasteiger charge is 2.18. The number of carbonyl (C=O) groups is 2. The lowest BCUT2D eigenvalue weighted by Gasteiger charge is -2.13. The molecule has 0 spiro atoms. The van der Waals surface area contributed by atoms with E-state index in [1.54, 1.807) is 7.05 Å². The molecule has 0 aromatic heterocycles. The first-order valence-corrected chi connectivity index (χ1v) is 12.1. The number of hydrogen-bond donors (Lipinski definition) is 3. The summed E-state index contributed by atoms with van der Waals surface area (Å²) >= 11 is 1.34. The number of ether oxygens (including phenoxy) is 1. The summed E-state index contributed by atoms with van der Waals surface area (Å²) in [6.45, 7) is 2.67. The molecule has 0 aliphatic heterocycles. The second-order valence-corrected chi connectivity index (χ2v) is 8.45. The smallest absolute Gasteiger partial charge is 0.323 e. The molecule has 4 N–H and O–H groups in total. The Kier molecular flexibility index (Phi) is 19.0. The van der Waals surface area contributed by atoms with Gasteiger partial charge in [-0.25, -0.2) is 0 Å². The molecular weight excluding hydrogens is 376 g/mol. The van der Waals surface area contributed by atoms with Crippen LogP contribution >= 0.6 is 11.8 Å². The van der Waals surface area contributed by atoms with Gasteiger partial charge >= 0.3 is 11.9 Å². The fourth-order valence-corrected chi connectivity index (χ4v) is 3.95. The van der Waals surface area contributed by atoms with Crippen LogP contribution < -0.4 is 11.1 Å². The second-order valence-electron chi connectivity index (χ2n) is 7.38. The van der Waals surface area contributed by atoms with E-state index in [1.807, 2.05) is 0 Å². The van der Waals surface area contributed by atoms with E-state index in [0.717, 1.165) is 12.8 Å². The molecule has 0 saturated carbocycles. The second kappa shape index (κ2) is 19.5. The number of likely N-dealkylation sites (N-methyl/N-ethyl adjacent to an activating group) is 1. The maximum absolute atomic E-state index is 11.8. The monoisotopic (exact) mass is 418 g/mol. The van der Waals surface area contributed by atoms with E-state index in [4.69, 9.17) is 15.6 Å². The molecule has 0 saturated heterocycles. The molecule has 28 heavy (non-hydrogen) atoms. The lowest BCUT2D eigenvalue weighted by Crippen LogP contribution is -2.38. The van der Waals surface area contributed by atoms with Gasteiger partial charge in [-0.05, 0) is 13.5 Å². The normalized spacial score (nSPS) is 13.2. The standard InChI is InChI=1S/C21H42N2O4S/c1-3-4-5-6-7-8-9-10-11-12-13-14-15-27-21(26)18(22)16-28-17-19(23-2)20(24)25/h18-19,23H,3-17,22H2,1-2H3,(H,24,25). The Morgan fingerprint density at radius 1 is 0.929 bits per heavy atom. The number of carboxylic acid groups (broad SMARTS) is 1. The maximum Gasteiger partial charge on any atom is 0.323 e. The Balaban J connectivity index is 3.45. The topological polar surface area (TPSA) is 102 Å². The summed E-state index contributed by atoms with van der Waals surface area (Å²) in [7, 11) is 1.60. The molecule has 0 fully saturated rings. The zero-order valence-corrected chi connectivity index (χ0v) is 18.7. The van der Waals surface area contributed by atoms with Crippen LogP contribution in [0, 0.1) is 0 Å². The van der Waals surface area contributed by atoms with Gasteiger partial charge in [0.25, 0.3) is 0 Å². The van der Waals surface area contributed by atoms with Crippen LogP contribution in [0.1, 0.15) is 84.0 Å². The van der Waals surface area contributed by atoms with Crippen LogP contribution in [0.2, 0.25) is 0 Å². The molecule has 0 heterocycles. The van der Waals surface area contributed by atoms with Crippen molar-refractivity contribution in [3.05, 3.63) is 0 Å². The quantitative estimate of drug-likeness (QED) is 0.203. The Morgan fingerprint density at radius 2 is 1.43 bits per heavy atom. The van der Waals surface area contributed by atoms with Crippen LogP contribution in [0.3, 0.4) is 0 Å². The predicted octanol–water partition coefficient (Wildman–Crippen LogP) is 3.96. The Labute approximate surface area is 175 Å². The largest absolute Gasteiger partial charge is 0.480 e. The summed E-state index contributed by atoms with van der Waals surface area (Å²) in [6.07, 6.45) is 15.2. The number of carbonyl (C=O) groups excluding carboxylic acids is 1. The molecule has 0 aromatic carbocycles. The van der Waals surface area contributed by atoms with E-state index in [2.05, 4.69) is 12.2 Å². The molecule has 2 unspecified atom stereocenters. The Morgan fingerprint density at radius 3 is 1.89 bits per heavy atom. The van der Waals surface area contributed by atoms with Crippen LogP contribution in [0.5, 0.6) is 0 Å². The van der Waals surface area contributed by atoms with Crippen molar-refractivity contribution in [2.24, 2.45) is 5.73 Å². The number of unbranched alkanes of at least 4 members (excludes halogenated alkanes) is 11. The molecule has 0 aromatic rings. The SMILES string of the molecule is CCCCCCCCCCCCCCOC(=O)C(N)CSCC(NC)C(=O)O. The van der Waals surface area contributed by atoms with Crippen molar-refractivity contribution in [1.29, 1.82) is 0 Å². The van der Waals surface area contributed by atoms with Gasteiger partial charge in [-0.15, -0.1) is 0 Å². The lowest BCUT2D eigenvalue weighted by molar-refractivity contribution is -0.144. The van der Waals surface area contributed by atoms with Crippen molar-refractivity contribution in [2.75, 3.05) is 25.2 Å². The number of rotatable bonds is 20. The van der Waals surface area contributed by atoms with Crippen molar-refractivity contribution in [3.8, 4) is 0 Å². The van der Waals surface area contributed by atoms with Crippen LogP contribution in [0.15, 0.2) is 0 Å². The first kappa shape index (κ1) is 27.2. The van der Waals surface area contributed by atoms with Gasteiger partial charge in [-0.1, -0.05) is 77.6 Å². The van der Waals surface area contributed by atoms with E-state index >= 15 is 0 Å². The Hall–Kier alpha value is -0.790. The van der Waals surface area contributed by atoms with Crippen molar-refractivity contribution in [2.45, 2.75) is 96.1 Å².